The lowest BCUT2D eigenvalue weighted by Crippen LogP contribution is -2.30. The Hall–Kier alpha value is -4.48. The van der Waals surface area contributed by atoms with Gasteiger partial charge in [0.1, 0.15) is 10.8 Å². The Morgan fingerprint density at radius 2 is 1.70 bits per heavy atom. The minimum Gasteiger partial charge on any atom is -0.507 e. The van der Waals surface area contributed by atoms with E-state index >= 15 is 0 Å². The molecule has 1 saturated heterocycles. The summed E-state index contributed by atoms with van der Waals surface area (Å²) in [6.07, 6.45) is 3.03. The van der Waals surface area contributed by atoms with Crippen LogP contribution in [0.5, 0.6) is 23.0 Å². The maximum absolute atomic E-state index is 13.6. The molecule has 3 heterocycles. The number of nitrogens with one attached hydrogen (secondary N) is 1. The van der Waals surface area contributed by atoms with Gasteiger partial charge >= 0.3 is 5.91 Å². The van der Waals surface area contributed by atoms with Gasteiger partial charge in [-0.1, -0.05) is 29.3 Å². The Bertz CT molecular complexity index is 1650. The van der Waals surface area contributed by atoms with Gasteiger partial charge in [-0.2, -0.15) is 0 Å². The lowest BCUT2D eigenvalue weighted by Gasteiger charge is -2.23. The molecule has 0 saturated carbocycles. The number of aliphatic hydroxyl groups excluding tert-OH is 1. The molecule has 5 rings (SSSR count). The minimum absolute atomic E-state index is 0.000482. The Balaban J connectivity index is 1.75. The molecule has 1 fully saturated rings. The fraction of sp³-hybridized carbons (Fsp3) is 0.185. The number of fused-ring (bicyclic) bond motifs is 1. The highest BCUT2D eigenvalue weighted by Gasteiger charge is 2.48. The molecule has 2 aromatic carbocycles. The normalized spacial score (nSPS) is 16.4. The number of pyridine rings is 1. The van der Waals surface area contributed by atoms with Gasteiger partial charge in [0.2, 0.25) is 5.95 Å². The van der Waals surface area contributed by atoms with E-state index in [2.05, 4.69) is 15.0 Å². The number of rotatable bonds is 7. The Labute approximate surface area is 237 Å². The number of carbonyl (C=O) groups is 2. The fourth-order valence-corrected chi connectivity index (χ4v) is 5.32. The quantitative estimate of drug-likeness (QED) is 0.176. The lowest BCUT2D eigenvalue weighted by molar-refractivity contribution is -0.132. The zero-order valence-corrected chi connectivity index (χ0v) is 23.1. The van der Waals surface area contributed by atoms with Gasteiger partial charge in [-0.3, -0.25) is 19.5 Å². The number of carbonyl (C=O) groups excluding carboxylic acids is 2. The molecule has 1 aliphatic rings. The maximum Gasteiger partial charge on any atom is 0.302 e. The molecule has 0 aliphatic carbocycles. The molecule has 11 nitrogen and oxygen atoms in total. The molecule has 2 N–H and O–H groups in total. The molecule has 4 aromatic rings. The second kappa shape index (κ2) is 10.6. The zero-order chi connectivity index (χ0) is 28.7. The van der Waals surface area contributed by atoms with Crippen LogP contribution in [0.3, 0.4) is 0 Å². The number of hydrogen-bond donors (Lipinski definition) is 2. The number of hydrogen-bond acceptors (Lipinski definition) is 9. The van der Waals surface area contributed by atoms with Gasteiger partial charge in [0.05, 0.1) is 61.7 Å². The van der Waals surface area contributed by atoms with E-state index in [9.17, 15) is 14.7 Å². The molecule has 1 aliphatic heterocycles. The van der Waals surface area contributed by atoms with Crippen LogP contribution in [-0.4, -0.2) is 60.2 Å². The molecule has 2 aromatic heterocycles. The van der Waals surface area contributed by atoms with Crippen LogP contribution in [0.15, 0.2) is 48.3 Å². The molecule has 13 heteroatoms. The second-order valence-electron chi connectivity index (χ2n) is 8.53. The van der Waals surface area contributed by atoms with Crippen molar-refractivity contribution in [2.75, 3.05) is 33.3 Å². The summed E-state index contributed by atoms with van der Waals surface area (Å²) in [7, 11) is 5.69. The first-order chi connectivity index (χ1) is 19.2. The first kappa shape index (κ1) is 27.1. The summed E-state index contributed by atoms with van der Waals surface area (Å²) >= 11 is 12.8. The number of aromatic amines is 1. The number of benzene rings is 2. The highest BCUT2D eigenvalue weighted by molar-refractivity contribution is 6.51. The smallest absolute Gasteiger partial charge is 0.302 e. The topological polar surface area (TPSA) is 136 Å². The highest BCUT2D eigenvalue weighted by atomic mass is 35.5. The van der Waals surface area contributed by atoms with Crippen LogP contribution in [0.1, 0.15) is 17.2 Å². The van der Waals surface area contributed by atoms with Gasteiger partial charge in [0.15, 0.2) is 23.0 Å². The van der Waals surface area contributed by atoms with Crippen molar-refractivity contribution >= 4 is 57.6 Å². The van der Waals surface area contributed by atoms with E-state index in [4.69, 9.17) is 42.1 Å². The third-order valence-electron chi connectivity index (χ3n) is 6.44. The summed E-state index contributed by atoms with van der Waals surface area (Å²) in [5, 5.41) is 11.6. The first-order valence-electron chi connectivity index (χ1n) is 11.7. The molecular formula is C27H22Cl2N4O7. The number of anilines is 1. The molecule has 206 valence electrons. The average molecular weight is 585 g/mol. The fourth-order valence-electron chi connectivity index (χ4n) is 4.63. The van der Waals surface area contributed by atoms with Gasteiger partial charge in [-0.15, -0.1) is 0 Å². The number of aromatic nitrogens is 3. The summed E-state index contributed by atoms with van der Waals surface area (Å²) in [6, 6.07) is 6.83. The Morgan fingerprint density at radius 3 is 2.33 bits per heavy atom. The van der Waals surface area contributed by atoms with Crippen molar-refractivity contribution in [1.82, 2.24) is 15.0 Å². The van der Waals surface area contributed by atoms with Gasteiger partial charge in [-0.05, 0) is 17.7 Å². The predicted molar refractivity (Wildman–Crippen MR) is 148 cm³/mol. The number of halogens is 2. The molecule has 1 unspecified atom stereocenters. The highest BCUT2D eigenvalue weighted by Crippen LogP contribution is 2.48. The third-order valence-corrected chi connectivity index (χ3v) is 7.07. The number of ketones is 1. The number of methoxy groups -OCH3 is 4. The Morgan fingerprint density at radius 1 is 1.00 bits per heavy atom. The summed E-state index contributed by atoms with van der Waals surface area (Å²) in [6.45, 7) is 0. The molecular weight excluding hydrogens is 563 g/mol. The minimum atomic E-state index is -1.12. The van der Waals surface area contributed by atoms with Crippen molar-refractivity contribution in [3.05, 3.63) is 69.5 Å². The van der Waals surface area contributed by atoms with E-state index in [-0.39, 0.29) is 38.6 Å². The zero-order valence-electron chi connectivity index (χ0n) is 21.6. The van der Waals surface area contributed by atoms with Crippen molar-refractivity contribution < 1.29 is 33.6 Å². The number of Topliss-reactive ketones (excluding diaryl/α,β-unsaturated/α-hetero) is 1. The van der Waals surface area contributed by atoms with Crippen molar-refractivity contribution in [1.29, 1.82) is 0 Å². The number of aliphatic hydroxyl groups is 1. The Kier molecular flexibility index (Phi) is 7.17. The van der Waals surface area contributed by atoms with Crippen LogP contribution >= 0.6 is 23.2 Å². The van der Waals surface area contributed by atoms with E-state index < -0.39 is 23.5 Å². The van der Waals surface area contributed by atoms with Gasteiger partial charge in [0, 0.05) is 24.5 Å². The van der Waals surface area contributed by atoms with Gasteiger partial charge in [-0.25, -0.2) is 4.98 Å². The molecule has 0 radical (unpaired) electrons. The lowest BCUT2D eigenvalue weighted by atomic mass is 9.96. The molecule has 0 bridgehead atoms. The van der Waals surface area contributed by atoms with Crippen LogP contribution in [0.25, 0.3) is 16.8 Å². The van der Waals surface area contributed by atoms with E-state index in [1.807, 2.05) is 0 Å². The summed E-state index contributed by atoms with van der Waals surface area (Å²) in [4.78, 5) is 40.0. The second-order valence-corrected chi connectivity index (χ2v) is 9.31. The average Bonchev–Trinajstić information content (AvgIpc) is 3.49. The van der Waals surface area contributed by atoms with E-state index in [0.29, 0.717) is 28.1 Å². The van der Waals surface area contributed by atoms with E-state index in [1.54, 1.807) is 30.5 Å². The third kappa shape index (κ3) is 4.23. The summed E-state index contributed by atoms with van der Waals surface area (Å²) in [5.74, 6) is -1.41. The number of imidazole rings is 1. The number of H-pyrrole nitrogens is 1. The standard InChI is InChI=1S/C27H22Cl2N4O7/c1-37-17-9-15-16(10-18(17)38-2)32-27(31-15)33-21(12-6-5-7-30-11-12)19(23(35)26(33)36)22(34)13-8-14(28)25(40-4)20(29)24(13)39-3/h5-11,21,34H,1-4H3,(H,31,32)/b22-19+. The maximum atomic E-state index is 13.6. The largest absolute Gasteiger partial charge is 0.507 e. The molecule has 1 atom stereocenters. The van der Waals surface area contributed by atoms with Crippen molar-refractivity contribution in [2.24, 2.45) is 0 Å². The summed E-state index contributed by atoms with van der Waals surface area (Å²) in [5.41, 5.74) is 1.15. The van der Waals surface area contributed by atoms with Crippen molar-refractivity contribution in [3.8, 4) is 23.0 Å². The van der Waals surface area contributed by atoms with Crippen LogP contribution in [0, 0.1) is 0 Å². The van der Waals surface area contributed by atoms with E-state index in [1.165, 1.54) is 40.7 Å². The van der Waals surface area contributed by atoms with Crippen LogP contribution in [-0.2, 0) is 9.59 Å². The number of amides is 1. The number of nitrogens with zero attached hydrogens (tertiary/aromatic N) is 3. The van der Waals surface area contributed by atoms with Gasteiger partial charge in [0.25, 0.3) is 5.78 Å². The van der Waals surface area contributed by atoms with Crippen molar-refractivity contribution in [3.63, 3.8) is 0 Å². The number of ether oxygens (including phenoxy) is 4. The summed E-state index contributed by atoms with van der Waals surface area (Å²) < 4.78 is 21.4. The van der Waals surface area contributed by atoms with E-state index in [0.717, 1.165) is 4.90 Å². The van der Waals surface area contributed by atoms with Crippen molar-refractivity contribution in [2.45, 2.75) is 6.04 Å². The van der Waals surface area contributed by atoms with Crippen LogP contribution < -0.4 is 23.8 Å². The van der Waals surface area contributed by atoms with Crippen LogP contribution in [0.2, 0.25) is 10.0 Å². The monoisotopic (exact) mass is 584 g/mol. The van der Waals surface area contributed by atoms with Crippen LogP contribution in [0.4, 0.5) is 5.95 Å². The van der Waals surface area contributed by atoms with Gasteiger partial charge < -0.3 is 29.0 Å². The SMILES string of the molecule is COc1cc2nc(N3C(=O)C(=O)/C(=C(/O)c4cc(Cl)c(OC)c(Cl)c4OC)C3c3cccnc3)[nH]c2cc1OC. The molecule has 0 spiro atoms. The first-order valence-corrected chi connectivity index (χ1v) is 12.4. The molecule has 40 heavy (non-hydrogen) atoms. The predicted octanol–water partition coefficient (Wildman–Crippen LogP) is 4.93. The molecule has 1 amide bonds.